The Balaban J connectivity index is 1.60. The maximum absolute atomic E-state index is 11.7. The molecule has 0 amide bonds. The average molecular weight is 318 g/mol. The van der Waals surface area contributed by atoms with Crippen LogP contribution in [0.2, 0.25) is 0 Å². The van der Waals surface area contributed by atoms with Crippen molar-refractivity contribution in [3.05, 3.63) is 28.4 Å². The molecule has 0 spiro atoms. The van der Waals surface area contributed by atoms with Crippen molar-refractivity contribution in [1.29, 1.82) is 0 Å². The van der Waals surface area contributed by atoms with Crippen LogP contribution in [0.1, 0.15) is 44.6 Å². The van der Waals surface area contributed by atoms with Crippen molar-refractivity contribution in [2.45, 2.75) is 51.7 Å². The number of H-pyrrole nitrogens is 2. The van der Waals surface area contributed by atoms with Gasteiger partial charge in [0.1, 0.15) is 5.52 Å². The molecular weight excluding hydrogens is 292 g/mol. The van der Waals surface area contributed by atoms with Gasteiger partial charge in [0.05, 0.1) is 17.9 Å². The molecule has 3 heterocycles. The van der Waals surface area contributed by atoms with Crippen LogP contribution in [0.15, 0.2) is 17.3 Å². The standard InChI is InChI=1S/C17H26N4O2/c1-2-3-4-5-6-12-8-21(10-14(12)22)9-13-7-18-16-15(13)19-11-20-17(16)23/h7,11-12,14,18,22H,2-6,8-10H2,1H3,(H,19,20,23)/t12-,14-/m0/s1. The second-order valence-electron chi connectivity index (χ2n) is 6.64. The van der Waals surface area contributed by atoms with Gasteiger partial charge in [-0.05, 0) is 12.3 Å². The highest BCUT2D eigenvalue weighted by Gasteiger charge is 2.31. The number of hydrogen-bond acceptors (Lipinski definition) is 4. The lowest BCUT2D eigenvalue weighted by atomic mass is 9.98. The van der Waals surface area contributed by atoms with Crippen LogP contribution in [0, 0.1) is 5.92 Å². The lowest BCUT2D eigenvalue weighted by Gasteiger charge is -2.15. The minimum atomic E-state index is -0.238. The van der Waals surface area contributed by atoms with E-state index in [0.717, 1.165) is 30.6 Å². The fourth-order valence-electron chi connectivity index (χ4n) is 3.55. The van der Waals surface area contributed by atoms with E-state index in [9.17, 15) is 9.90 Å². The summed E-state index contributed by atoms with van der Waals surface area (Å²) < 4.78 is 0. The molecule has 3 rings (SSSR count). The zero-order chi connectivity index (χ0) is 16.2. The summed E-state index contributed by atoms with van der Waals surface area (Å²) in [4.78, 5) is 23.8. The van der Waals surface area contributed by atoms with Gasteiger partial charge in [-0.2, -0.15) is 0 Å². The summed E-state index contributed by atoms with van der Waals surface area (Å²) in [5.74, 6) is 0.369. The molecule has 2 aromatic heterocycles. The first-order valence-electron chi connectivity index (χ1n) is 8.63. The van der Waals surface area contributed by atoms with Crippen molar-refractivity contribution >= 4 is 11.0 Å². The molecule has 3 N–H and O–H groups in total. The van der Waals surface area contributed by atoms with Gasteiger partial charge in [-0.3, -0.25) is 9.69 Å². The summed E-state index contributed by atoms with van der Waals surface area (Å²) in [5, 5.41) is 10.3. The Hall–Kier alpha value is -1.66. The summed E-state index contributed by atoms with van der Waals surface area (Å²) >= 11 is 0. The van der Waals surface area contributed by atoms with E-state index in [1.54, 1.807) is 0 Å². The Morgan fingerprint density at radius 2 is 2.17 bits per heavy atom. The van der Waals surface area contributed by atoms with E-state index in [4.69, 9.17) is 0 Å². The monoisotopic (exact) mass is 318 g/mol. The van der Waals surface area contributed by atoms with Gasteiger partial charge in [-0.25, -0.2) is 4.98 Å². The highest BCUT2D eigenvalue weighted by atomic mass is 16.3. The summed E-state index contributed by atoms with van der Waals surface area (Å²) in [5.41, 5.74) is 2.13. The van der Waals surface area contributed by atoms with Crippen LogP contribution in [0.3, 0.4) is 0 Å². The number of β-amino-alcohol motifs (C(OH)–C–C–N with tert-alkyl or cyclic N) is 1. The molecule has 1 saturated heterocycles. The fraction of sp³-hybridized carbons (Fsp3) is 0.647. The van der Waals surface area contributed by atoms with Gasteiger partial charge in [-0.15, -0.1) is 0 Å². The summed E-state index contributed by atoms with van der Waals surface area (Å²) in [6.07, 6.45) is 9.14. The highest BCUT2D eigenvalue weighted by Crippen LogP contribution is 2.25. The van der Waals surface area contributed by atoms with Crippen molar-refractivity contribution in [3.63, 3.8) is 0 Å². The largest absolute Gasteiger partial charge is 0.391 e. The minimum Gasteiger partial charge on any atom is -0.391 e. The summed E-state index contributed by atoms with van der Waals surface area (Å²) in [6, 6.07) is 0. The van der Waals surface area contributed by atoms with Gasteiger partial charge in [-0.1, -0.05) is 32.6 Å². The Morgan fingerprint density at radius 3 is 3.00 bits per heavy atom. The van der Waals surface area contributed by atoms with Crippen molar-refractivity contribution in [2.24, 2.45) is 5.92 Å². The van der Waals surface area contributed by atoms with E-state index in [0.29, 0.717) is 18.0 Å². The molecule has 2 atom stereocenters. The van der Waals surface area contributed by atoms with Crippen LogP contribution >= 0.6 is 0 Å². The molecule has 0 aliphatic carbocycles. The maximum Gasteiger partial charge on any atom is 0.275 e. The number of nitrogens with zero attached hydrogens (tertiary/aromatic N) is 2. The van der Waals surface area contributed by atoms with Crippen LogP contribution in [-0.2, 0) is 6.54 Å². The van der Waals surface area contributed by atoms with Crippen molar-refractivity contribution in [3.8, 4) is 0 Å². The zero-order valence-electron chi connectivity index (χ0n) is 13.7. The molecule has 126 valence electrons. The van der Waals surface area contributed by atoms with E-state index in [1.807, 2.05) is 6.20 Å². The number of aromatic nitrogens is 3. The first-order chi connectivity index (χ1) is 11.2. The van der Waals surface area contributed by atoms with Gasteiger partial charge >= 0.3 is 0 Å². The van der Waals surface area contributed by atoms with Crippen molar-refractivity contribution in [1.82, 2.24) is 19.9 Å². The molecule has 23 heavy (non-hydrogen) atoms. The van der Waals surface area contributed by atoms with Crippen LogP contribution < -0.4 is 5.56 Å². The number of rotatable bonds is 7. The van der Waals surface area contributed by atoms with E-state index in [1.165, 1.54) is 32.0 Å². The molecule has 6 heteroatoms. The molecule has 0 unspecified atom stereocenters. The van der Waals surface area contributed by atoms with Crippen LogP contribution in [0.4, 0.5) is 0 Å². The smallest absolute Gasteiger partial charge is 0.275 e. The van der Waals surface area contributed by atoms with E-state index < -0.39 is 0 Å². The number of aliphatic hydroxyl groups excluding tert-OH is 1. The minimum absolute atomic E-state index is 0.142. The molecule has 0 radical (unpaired) electrons. The molecule has 0 saturated carbocycles. The van der Waals surface area contributed by atoms with Crippen LogP contribution in [-0.4, -0.2) is 44.2 Å². The van der Waals surface area contributed by atoms with Gasteiger partial charge in [0.15, 0.2) is 0 Å². The molecule has 0 bridgehead atoms. The van der Waals surface area contributed by atoms with E-state index in [2.05, 4.69) is 26.8 Å². The summed E-state index contributed by atoms with van der Waals surface area (Å²) in [6.45, 7) is 4.56. The van der Waals surface area contributed by atoms with E-state index in [-0.39, 0.29) is 11.7 Å². The molecule has 1 fully saturated rings. The number of nitrogens with one attached hydrogen (secondary N) is 2. The SMILES string of the molecule is CCCCCC[C@H]1CN(Cc2c[nH]c3c(=O)[nH]cnc23)C[C@@H]1O. The Kier molecular flexibility index (Phi) is 5.13. The van der Waals surface area contributed by atoms with Crippen LogP contribution in [0.5, 0.6) is 0 Å². The molecule has 6 nitrogen and oxygen atoms in total. The second-order valence-corrected chi connectivity index (χ2v) is 6.64. The predicted octanol–water partition coefficient (Wildman–Crippen LogP) is 2.01. The van der Waals surface area contributed by atoms with Gasteiger partial charge in [0, 0.05) is 31.4 Å². The number of aromatic amines is 2. The Morgan fingerprint density at radius 1 is 1.30 bits per heavy atom. The molecule has 1 aliphatic heterocycles. The van der Waals surface area contributed by atoms with Gasteiger partial charge in [0.25, 0.3) is 5.56 Å². The third-order valence-corrected chi connectivity index (χ3v) is 4.85. The van der Waals surface area contributed by atoms with Crippen molar-refractivity contribution < 1.29 is 5.11 Å². The summed E-state index contributed by atoms with van der Waals surface area (Å²) in [7, 11) is 0. The first-order valence-corrected chi connectivity index (χ1v) is 8.63. The van der Waals surface area contributed by atoms with E-state index >= 15 is 0 Å². The maximum atomic E-state index is 11.7. The normalized spacial score (nSPS) is 22.2. The van der Waals surface area contributed by atoms with Crippen LogP contribution in [0.25, 0.3) is 11.0 Å². The van der Waals surface area contributed by atoms with Crippen molar-refractivity contribution in [2.75, 3.05) is 13.1 Å². The van der Waals surface area contributed by atoms with Gasteiger partial charge < -0.3 is 15.1 Å². The topological polar surface area (TPSA) is 85.0 Å². The third-order valence-electron chi connectivity index (χ3n) is 4.85. The lowest BCUT2D eigenvalue weighted by Crippen LogP contribution is -2.21. The number of unbranched alkanes of at least 4 members (excludes halogenated alkanes) is 3. The Labute approximate surface area is 135 Å². The average Bonchev–Trinajstić information content (AvgIpc) is 3.09. The molecule has 0 aromatic carbocycles. The Bertz CT molecular complexity index is 693. The fourth-order valence-corrected chi connectivity index (χ4v) is 3.55. The molecule has 1 aliphatic rings. The zero-order valence-corrected chi connectivity index (χ0v) is 13.7. The second kappa shape index (κ2) is 7.27. The predicted molar refractivity (Wildman–Crippen MR) is 90.2 cm³/mol. The molecular formula is C17H26N4O2. The third kappa shape index (κ3) is 3.64. The molecule has 2 aromatic rings. The lowest BCUT2D eigenvalue weighted by molar-refractivity contribution is 0.136. The number of fused-ring (bicyclic) bond motifs is 1. The number of hydrogen-bond donors (Lipinski definition) is 3. The highest BCUT2D eigenvalue weighted by molar-refractivity contribution is 5.77. The quantitative estimate of drug-likeness (QED) is 0.682. The number of likely N-dealkylation sites (tertiary alicyclic amines) is 1. The number of aliphatic hydroxyl groups is 1. The van der Waals surface area contributed by atoms with Gasteiger partial charge in [0.2, 0.25) is 0 Å². The first kappa shape index (κ1) is 16.2.